The van der Waals surface area contributed by atoms with Crippen LogP contribution < -0.4 is 0 Å². The van der Waals surface area contributed by atoms with E-state index in [2.05, 4.69) is 0 Å². The molecule has 0 radical (unpaired) electrons. The zero-order valence-corrected chi connectivity index (χ0v) is 13.7. The Morgan fingerprint density at radius 2 is 1.67 bits per heavy atom. The van der Waals surface area contributed by atoms with Gasteiger partial charge >= 0.3 is 5.97 Å². The topological polar surface area (TPSA) is 60.4 Å². The van der Waals surface area contributed by atoms with Crippen LogP contribution in [0, 0.1) is 0 Å². The van der Waals surface area contributed by atoms with Gasteiger partial charge < -0.3 is 4.74 Å². The first-order valence-corrected chi connectivity index (χ1v) is 7.69. The maximum Gasteiger partial charge on any atom is 0.342 e. The van der Waals surface area contributed by atoms with Crippen molar-refractivity contribution in [2.45, 2.75) is 6.92 Å². The molecule has 0 amide bonds. The van der Waals surface area contributed by atoms with Gasteiger partial charge in [-0.1, -0.05) is 54.1 Å². The van der Waals surface area contributed by atoms with Gasteiger partial charge in [0.1, 0.15) is 5.57 Å². The Hall–Kier alpha value is -2.72. The number of halogens is 1. The summed E-state index contributed by atoms with van der Waals surface area (Å²) in [5.41, 5.74) is 0.272. The molecular formula is C19H15ClO4. The standard InChI is InChI=1S/C19H15ClO4/c1-2-24-19(23)16(18(22)13-7-4-3-5-8-13)12-17(21)14-9-6-10-15(20)11-14/h3-12H,2H2,1H3/b16-12+. The first-order chi connectivity index (χ1) is 11.5. The number of ketones is 2. The summed E-state index contributed by atoms with van der Waals surface area (Å²) in [7, 11) is 0. The zero-order chi connectivity index (χ0) is 17.5. The molecule has 0 aromatic heterocycles. The Balaban J connectivity index is 2.40. The van der Waals surface area contributed by atoms with Crippen molar-refractivity contribution in [1.29, 1.82) is 0 Å². The minimum atomic E-state index is -0.832. The molecule has 0 N–H and O–H groups in total. The van der Waals surface area contributed by atoms with Crippen LogP contribution in [0.5, 0.6) is 0 Å². The normalized spacial score (nSPS) is 11.0. The molecule has 4 nitrogen and oxygen atoms in total. The number of carbonyl (C=O) groups is 3. The molecule has 0 unspecified atom stereocenters. The van der Waals surface area contributed by atoms with Gasteiger partial charge in [0.25, 0.3) is 0 Å². The van der Waals surface area contributed by atoms with Gasteiger partial charge in [-0.2, -0.15) is 0 Å². The highest BCUT2D eigenvalue weighted by Gasteiger charge is 2.22. The van der Waals surface area contributed by atoms with Crippen LogP contribution in [-0.4, -0.2) is 24.1 Å². The largest absolute Gasteiger partial charge is 0.462 e. The second kappa shape index (κ2) is 8.22. The summed E-state index contributed by atoms with van der Waals surface area (Å²) < 4.78 is 4.90. The average molecular weight is 343 g/mol. The SMILES string of the molecule is CCOC(=O)/C(=C/C(=O)c1cccc(Cl)c1)C(=O)c1ccccc1. The van der Waals surface area contributed by atoms with Crippen LogP contribution >= 0.6 is 11.6 Å². The van der Waals surface area contributed by atoms with Crippen molar-refractivity contribution in [3.63, 3.8) is 0 Å². The van der Waals surface area contributed by atoms with Gasteiger partial charge in [0.05, 0.1) is 6.61 Å². The second-order valence-electron chi connectivity index (χ2n) is 4.85. The van der Waals surface area contributed by atoms with Crippen molar-refractivity contribution in [2.75, 3.05) is 6.61 Å². The summed E-state index contributed by atoms with van der Waals surface area (Å²) in [6.45, 7) is 1.73. The molecule has 24 heavy (non-hydrogen) atoms. The monoisotopic (exact) mass is 342 g/mol. The molecule has 0 atom stereocenters. The molecule has 0 spiro atoms. The smallest absolute Gasteiger partial charge is 0.342 e. The second-order valence-corrected chi connectivity index (χ2v) is 5.28. The molecule has 2 aromatic rings. The summed E-state index contributed by atoms with van der Waals surface area (Å²) in [5.74, 6) is -1.89. The molecule has 0 fully saturated rings. The molecule has 0 heterocycles. The number of benzene rings is 2. The van der Waals surface area contributed by atoms with Gasteiger partial charge in [0.15, 0.2) is 11.6 Å². The van der Waals surface area contributed by atoms with E-state index < -0.39 is 17.5 Å². The molecule has 0 aliphatic rings. The number of allylic oxidation sites excluding steroid dienone is 1. The molecule has 122 valence electrons. The molecule has 0 saturated heterocycles. The van der Waals surface area contributed by atoms with E-state index >= 15 is 0 Å². The number of rotatable bonds is 6. The maximum absolute atomic E-state index is 12.5. The van der Waals surface area contributed by atoms with Gasteiger partial charge in [0.2, 0.25) is 0 Å². The highest BCUT2D eigenvalue weighted by atomic mass is 35.5. The van der Waals surface area contributed by atoms with E-state index in [0.717, 1.165) is 6.08 Å². The summed E-state index contributed by atoms with van der Waals surface area (Å²) in [6, 6.07) is 14.5. The number of hydrogen-bond donors (Lipinski definition) is 0. The Labute approximate surface area is 144 Å². The quantitative estimate of drug-likeness (QED) is 0.263. The van der Waals surface area contributed by atoms with Crippen molar-refractivity contribution < 1.29 is 19.1 Å². The highest BCUT2D eigenvalue weighted by molar-refractivity contribution is 6.31. The minimum Gasteiger partial charge on any atom is -0.462 e. The van der Waals surface area contributed by atoms with Crippen molar-refractivity contribution >= 4 is 29.1 Å². The lowest BCUT2D eigenvalue weighted by Gasteiger charge is -2.06. The van der Waals surface area contributed by atoms with Crippen LogP contribution in [-0.2, 0) is 9.53 Å². The minimum absolute atomic E-state index is 0.101. The third-order valence-corrected chi connectivity index (χ3v) is 3.40. The highest BCUT2D eigenvalue weighted by Crippen LogP contribution is 2.15. The fourth-order valence-corrected chi connectivity index (χ4v) is 2.22. The summed E-state index contributed by atoms with van der Waals surface area (Å²) >= 11 is 5.86. The van der Waals surface area contributed by atoms with Crippen LogP contribution in [0.3, 0.4) is 0 Å². The van der Waals surface area contributed by atoms with Crippen LogP contribution in [0.2, 0.25) is 5.02 Å². The predicted molar refractivity (Wildman–Crippen MR) is 91.3 cm³/mol. The van der Waals surface area contributed by atoms with E-state index in [1.165, 1.54) is 6.07 Å². The van der Waals surface area contributed by atoms with Crippen LogP contribution in [0.1, 0.15) is 27.6 Å². The molecular weight excluding hydrogens is 328 g/mol. The van der Waals surface area contributed by atoms with Crippen molar-refractivity contribution in [3.8, 4) is 0 Å². The lowest BCUT2D eigenvalue weighted by molar-refractivity contribution is -0.138. The maximum atomic E-state index is 12.5. The molecule has 2 aromatic carbocycles. The van der Waals surface area contributed by atoms with E-state index in [1.54, 1.807) is 55.5 Å². The number of Topliss-reactive ketones (excluding diaryl/α,β-unsaturated/α-hetero) is 1. The summed E-state index contributed by atoms with van der Waals surface area (Å²) in [4.78, 5) is 37.0. The number of ether oxygens (including phenoxy) is 1. The van der Waals surface area contributed by atoms with E-state index in [0.29, 0.717) is 10.6 Å². The van der Waals surface area contributed by atoms with E-state index in [1.807, 2.05) is 0 Å². The molecule has 0 bridgehead atoms. The van der Waals surface area contributed by atoms with Gasteiger partial charge in [-0.3, -0.25) is 9.59 Å². The number of esters is 1. The van der Waals surface area contributed by atoms with Gasteiger partial charge in [-0.15, -0.1) is 0 Å². The lowest BCUT2D eigenvalue weighted by Crippen LogP contribution is -2.18. The Morgan fingerprint density at radius 1 is 1.00 bits per heavy atom. The molecule has 0 aliphatic heterocycles. The van der Waals surface area contributed by atoms with E-state index in [9.17, 15) is 14.4 Å². The summed E-state index contributed by atoms with van der Waals surface area (Å²) in [6.07, 6.45) is 0.999. The first-order valence-electron chi connectivity index (χ1n) is 7.31. The Bertz CT molecular complexity index is 794. The van der Waals surface area contributed by atoms with Gasteiger partial charge in [-0.25, -0.2) is 4.79 Å². The zero-order valence-electron chi connectivity index (χ0n) is 13.0. The number of carbonyl (C=O) groups excluding carboxylic acids is 3. The number of hydrogen-bond acceptors (Lipinski definition) is 4. The predicted octanol–water partition coefficient (Wildman–Crippen LogP) is 3.90. The molecule has 0 saturated carbocycles. The van der Waals surface area contributed by atoms with Crippen LogP contribution in [0.15, 0.2) is 66.2 Å². The average Bonchev–Trinajstić information content (AvgIpc) is 2.59. The third-order valence-electron chi connectivity index (χ3n) is 3.16. The van der Waals surface area contributed by atoms with E-state index in [-0.39, 0.29) is 17.7 Å². The molecule has 5 heteroatoms. The third kappa shape index (κ3) is 4.40. The lowest BCUT2D eigenvalue weighted by atomic mass is 10.0. The fraction of sp³-hybridized carbons (Fsp3) is 0.105. The van der Waals surface area contributed by atoms with Crippen molar-refractivity contribution in [1.82, 2.24) is 0 Å². The van der Waals surface area contributed by atoms with Gasteiger partial charge in [-0.05, 0) is 19.1 Å². The fourth-order valence-electron chi connectivity index (χ4n) is 2.03. The van der Waals surface area contributed by atoms with Crippen molar-refractivity contribution in [2.24, 2.45) is 0 Å². The van der Waals surface area contributed by atoms with Crippen molar-refractivity contribution in [3.05, 3.63) is 82.4 Å². The Kier molecular flexibility index (Phi) is 6.04. The van der Waals surface area contributed by atoms with Crippen LogP contribution in [0.4, 0.5) is 0 Å². The van der Waals surface area contributed by atoms with Gasteiger partial charge in [0, 0.05) is 22.2 Å². The first kappa shape index (κ1) is 17.6. The summed E-state index contributed by atoms with van der Waals surface area (Å²) in [5, 5.41) is 0.390. The van der Waals surface area contributed by atoms with E-state index in [4.69, 9.17) is 16.3 Å². The molecule has 2 rings (SSSR count). The van der Waals surface area contributed by atoms with Crippen LogP contribution in [0.25, 0.3) is 0 Å². The molecule has 0 aliphatic carbocycles. The Morgan fingerprint density at radius 3 is 2.29 bits per heavy atom.